The number of anilines is 3. The molecule has 5 aromatic rings. The van der Waals surface area contributed by atoms with Crippen LogP contribution in [0, 0.1) is 28.9 Å². The predicted molar refractivity (Wildman–Crippen MR) is 199 cm³/mol. The normalized spacial score (nSPS) is 23.9. The van der Waals surface area contributed by atoms with Crippen molar-refractivity contribution in [1.29, 1.82) is 5.26 Å². The van der Waals surface area contributed by atoms with Crippen molar-refractivity contribution < 1.29 is 22.7 Å². The molecule has 4 aliphatic rings. The second-order valence-electron chi connectivity index (χ2n) is 14.4. The van der Waals surface area contributed by atoms with Crippen LogP contribution >= 0.6 is 22.9 Å². The van der Waals surface area contributed by atoms with Crippen molar-refractivity contribution in [2.75, 3.05) is 55.3 Å². The van der Waals surface area contributed by atoms with E-state index in [1.54, 1.807) is 29.4 Å². The average molecular weight is 775 g/mol. The first-order valence-corrected chi connectivity index (χ1v) is 19.1. The van der Waals surface area contributed by atoms with Crippen molar-refractivity contribution in [2.24, 2.45) is 5.92 Å². The summed E-state index contributed by atoms with van der Waals surface area (Å²) in [5, 5.41) is 13.4. The summed E-state index contributed by atoms with van der Waals surface area (Å²) >= 11 is 7.84. The van der Waals surface area contributed by atoms with Gasteiger partial charge in [-0.1, -0.05) is 17.7 Å². The maximum atomic E-state index is 17.2. The van der Waals surface area contributed by atoms with Crippen LogP contribution in [0.3, 0.4) is 0 Å². The van der Waals surface area contributed by atoms with Crippen molar-refractivity contribution in [3.8, 4) is 23.2 Å². The van der Waals surface area contributed by atoms with E-state index in [4.69, 9.17) is 27.1 Å². The molecule has 12 nitrogen and oxygen atoms in total. The molecule has 2 aromatic carbocycles. The molecular weight excluding hydrogens is 741 g/mol. The number of amides is 2. The fourth-order valence-corrected chi connectivity index (χ4v) is 10.3. The highest BCUT2D eigenvalue weighted by atomic mass is 35.5. The lowest BCUT2D eigenvalue weighted by Gasteiger charge is -2.38. The Morgan fingerprint density at radius 1 is 1.17 bits per heavy atom. The molecule has 4 atom stereocenters. The Bertz CT molecular complexity index is 2360. The van der Waals surface area contributed by atoms with Crippen molar-refractivity contribution in [2.45, 2.75) is 49.9 Å². The van der Waals surface area contributed by atoms with Gasteiger partial charge >= 0.3 is 12.0 Å². The van der Waals surface area contributed by atoms with Gasteiger partial charge < -0.3 is 20.3 Å². The van der Waals surface area contributed by atoms with Gasteiger partial charge in [-0.2, -0.15) is 15.2 Å². The second-order valence-corrected chi connectivity index (χ2v) is 15.9. The largest absolute Gasteiger partial charge is 0.461 e. The average Bonchev–Trinajstić information content (AvgIpc) is 3.92. The number of aromatic nitrogens is 4. The molecule has 4 saturated heterocycles. The highest BCUT2D eigenvalue weighted by Crippen LogP contribution is 2.47. The number of carbonyl (C=O) groups excluding carboxylic acids is 1. The van der Waals surface area contributed by atoms with E-state index in [9.17, 15) is 18.8 Å². The number of nitriles is 1. The molecule has 0 aliphatic carbocycles. The molecule has 0 radical (unpaired) electrons. The van der Waals surface area contributed by atoms with Gasteiger partial charge in [-0.3, -0.25) is 10.2 Å². The molecule has 9 rings (SSSR count). The van der Waals surface area contributed by atoms with Crippen LogP contribution in [0.15, 0.2) is 36.7 Å². The van der Waals surface area contributed by atoms with Crippen molar-refractivity contribution in [1.82, 2.24) is 29.7 Å². The number of rotatable bonds is 6. The monoisotopic (exact) mass is 774 g/mol. The van der Waals surface area contributed by atoms with E-state index >= 15 is 4.39 Å². The van der Waals surface area contributed by atoms with E-state index in [-0.39, 0.29) is 78.9 Å². The first-order valence-electron chi connectivity index (χ1n) is 17.9. The Balaban J connectivity index is 1.11. The zero-order valence-electron chi connectivity index (χ0n) is 28.9. The topological polar surface area (TPSA) is 149 Å². The second kappa shape index (κ2) is 13.4. The Kier molecular flexibility index (Phi) is 8.63. The van der Waals surface area contributed by atoms with Crippen LogP contribution < -0.4 is 20.7 Å². The fourth-order valence-electron chi connectivity index (χ4n) is 9.02. The maximum Gasteiger partial charge on any atom is 0.324 e. The fraction of sp³-hybridized carbons (Fsp3) is 0.405. The summed E-state index contributed by atoms with van der Waals surface area (Å²) in [6.45, 7) is 2.77. The maximum absolute atomic E-state index is 17.2. The summed E-state index contributed by atoms with van der Waals surface area (Å²) in [5.41, 5.74) is 5.73. The van der Waals surface area contributed by atoms with Crippen LogP contribution in [0.2, 0.25) is 5.02 Å². The van der Waals surface area contributed by atoms with E-state index in [1.165, 1.54) is 12.1 Å². The molecule has 3 N–H and O–H groups in total. The standard InChI is InChI=1S/C37H34ClF3N10O2S/c38-24-13-22-30(29(41)28(24)21-3-4-25(40)31-27(21)23(15-42)32(43)54-31)46-35(53-18-37-7-1-10-50(37)17-20(39)14-37)47-33(22)51-12-5-19-16-49(11-6-26(19)51)36(52)48-34-44-8-2-9-45-34/h2-4,8-9,13,19-20,26H,1,5-7,10-12,14,16-18,43H2,(H,44,45,48,52)/t19?,20-,26?,37+/m1/s1. The predicted octanol–water partition coefficient (Wildman–Crippen LogP) is 6.77. The van der Waals surface area contributed by atoms with E-state index in [1.807, 2.05) is 6.07 Å². The minimum atomic E-state index is -0.962. The number of fused-ring (bicyclic) bond motifs is 4. The quantitative estimate of drug-likeness (QED) is 0.189. The number of nitrogens with two attached hydrogens (primary N) is 1. The third kappa shape index (κ3) is 5.71. The molecule has 0 saturated carbocycles. The summed E-state index contributed by atoms with van der Waals surface area (Å²) in [4.78, 5) is 36.8. The van der Waals surface area contributed by atoms with Crippen molar-refractivity contribution in [3.05, 3.63) is 58.9 Å². The number of nitrogens with zero attached hydrogens (tertiary/aromatic N) is 8. The Labute approximate surface area is 316 Å². The van der Waals surface area contributed by atoms with Crippen LogP contribution in [0.4, 0.5) is 34.7 Å². The summed E-state index contributed by atoms with van der Waals surface area (Å²) in [6, 6.07) is 7.52. The number of halogens is 4. The van der Waals surface area contributed by atoms with Crippen molar-refractivity contribution >= 4 is 66.7 Å². The summed E-state index contributed by atoms with van der Waals surface area (Å²) < 4.78 is 53.3. The van der Waals surface area contributed by atoms with Crippen LogP contribution in [0.25, 0.3) is 32.1 Å². The first-order chi connectivity index (χ1) is 26.1. The van der Waals surface area contributed by atoms with Crippen LogP contribution in [-0.2, 0) is 0 Å². The Morgan fingerprint density at radius 3 is 2.81 bits per heavy atom. The van der Waals surface area contributed by atoms with Gasteiger partial charge in [0.1, 0.15) is 41.0 Å². The number of thiophene rings is 1. The molecule has 4 fully saturated rings. The molecule has 278 valence electrons. The third-order valence-corrected chi connectivity index (χ3v) is 12.8. The number of nitrogens with one attached hydrogen (secondary N) is 1. The molecular formula is C37H34ClF3N10O2S. The molecule has 17 heteroatoms. The van der Waals surface area contributed by atoms with E-state index < -0.39 is 23.3 Å². The van der Waals surface area contributed by atoms with Crippen molar-refractivity contribution in [3.63, 3.8) is 0 Å². The zero-order chi connectivity index (χ0) is 37.3. The minimum Gasteiger partial charge on any atom is -0.461 e. The summed E-state index contributed by atoms with van der Waals surface area (Å²) in [6.07, 6.45) is 5.54. The number of likely N-dealkylation sites (tertiary alicyclic amines) is 1. The van der Waals surface area contributed by atoms with E-state index in [0.717, 1.165) is 37.1 Å². The molecule has 54 heavy (non-hydrogen) atoms. The summed E-state index contributed by atoms with van der Waals surface area (Å²) in [7, 11) is 0. The number of ether oxygens (including phenoxy) is 1. The Hall–Kier alpha value is -4.98. The van der Waals surface area contributed by atoms with Crippen LogP contribution in [0.1, 0.15) is 37.7 Å². The SMILES string of the molecule is N#Cc1c(N)sc2c(F)ccc(-c3c(Cl)cc4c(N5CCC6CN(C(=O)Nc7ncccn7)CCC65)nc(OC[C@@]56CCCN5C[C@H](F)C6)nc4c3F)c12. The molecule has 0 spiro atoms. The summed E-state index contributed by atoms with van der Waals surface area (Å²) in [5.74, 6) is -0.635. The number of urea groups is 1. The van der Waals surface area contributed by atoms with Gasteiger partial charge in [-0.15, -0.1) is 11.3 Å². The van der Waals surface area contributed by atoms with Crippen LogP contribution in [0.5, 0.6) is 6.01 Å². The van der Waals surface area contributed by atoms with Gasteiger partial charge in [0.2, 0.25) is 5.95 Å². The lowest BCUT2D eigenvalue weighted by molar-refractivity contribution is 0.107. The van der Waals surface area contributed by atoms with Gasteiger partial charge in [-0.25, -0.2) is 27.9 Å². The minimum absolute atomic E-state index is 0.0193. The molecule has 4 aliphatic heterocycles. The van der Waals surface area contributed by atoms with Gasteiger partial charge in [-0.05, 0) is 61.9 Å². The smallest absolute Gasteiger partial charge is 0.324 e. The third-order valence-electron chi connectivity index (χ3n) is 11.5. The molecule has 3 aromatic heterocycles. The first kappa shape index (κ1) is 34.8. The number of piperidine rings is 1. The van der Waals surface area contributed by atoms with Gasteiger partial charge in [0.05, 0.1) is 20.8 Å². The number of hydrogen-bond donors (Lipinski definition) is 2. The van der Waals surface area contributed by atoms with Gasteiger partial charge in [0, 0.05) is 67.4 Å². The lowest BCUT2D eigenvalue weighted by Crippen LogP contribution is -2.49. The zero-order valence-corrected chi connectivity index (χ0v) is 30.4. The number of nitrogen functional groups attached to an aromatic ring is 1. The van der Waals surface area contributed by atoms with E-state index in [0.29, 0.717) is 50.2 Å². The van der Waals surface area contributed by atoms with Crippen LogP contribution in [-0.4, -0.2) is 92.8 Å². The lowest BCUT2D eigenvalue weighted by atomic mass is 9.93. The van der Waals surface area contributed by atoms with E-state index in [2.05, 4.69) is 30.1 Å². The molecule has 2 amide bonds. The number of alkyl halides is 1. The number of benzene rings is 2. The van der Waals surface area contributed by atoms with Gasteiger partial charge in [0.25, 0.3) is 0 Å². The molecule has 7 heterocycles. The highest BCUT2D eigenvalue weighted by molar-refractivity contribution is 7.23. The molecule has 0 bridgehead atoms. The Morgan fingerprint density at radius 2 is 2.00 bits per heavy atom. The highest BCUT2D eigenvalue weighted by Gasteiger charge is 2.49. The van der Waals surface area contributed by atoms with Gasteiger partial charge in [0.15, 0.2) is 5.82 Å². The number of hydrogen-bond acceptors (Lipinski definition) is 11. The molecule has 2 unspecified atom stereocenters. The number of carbonyl (C=O) groups is 1.